The van der Waals surface area contributed by atoms with Crippen molar-refractivity contribution in [2.24, 2.45) is 409 Å². The minimum atomic E-state index is 1.01. The Morgan fingerprint density at radius 3 is 1.31 bits per heavy atom. The van der Waals surface area contributed by atoms with E-state index in [1.165, 1.54) is 284 Å². The molecule has 0 saturated heterocycles. The van der Waals surface area contributed by atoms with Gasteiger partial charge in [-0.1, -0.05) is 0 Å². The maximum absolute atomic E-state index is 1.88. The molecule has 70 unspecified atom stereocenters. The first-order valence-electron chi connectivity index (χ1n) is 37.3. The van der Waals surface area contributed by atoms with E-state index in [9.17, 15) is 0 Å². The van der Waals surface area contributed by atoms with Gasteiger partial charge in [0.2, 0.25) is 0 Å². The van der Waals surface area contributed by atoms with Gasteiger partial charge in [-0.2, -0.15) is 0 Å². The molecule has 0 bridgehead atoms. The minimum Gasteiger partial charge on any atom is -0.0467 e. The quantitative estimate of drug-likeness (QED) is 0.237. The van der Waals surface area contributed by atoms with Crippen LogP contribution in [0.4, 0.5) is 0 Å². The van der Waals surface area contributed by atoms with Crippen LogP contribution >= 0.6 is 0 Å². The number of fused-ring (bicyclic) bond motifs is 24. The van der Waals surface area contributed by atoms with Crippen molar-refractivity contribution in [3.05, 3.63) is 0 Å². The average Bonchev–Trinajstić information content (AvgIpc) is 1.20. The van der Waals surface area contributed by atoms with Crippen LogP contribution in [0.1, 0.15) is 25.7 Å². The summed E-state index contributed by atoms with van der Waals surface area (Å²) in [6.07, 6.45) is 7.49. The molecule has 48 rings (SSSR count). The highest BCUT2D eigenvalue weighted by atomic mass is 15.5. The molecule has 48 fully saturated rings. The van der Waals surface area contributed by atoms with Gasteiger partial charge in [0.25, 0.3) is 0 Å². The topological polar surface area (TPSA) is 0 Å². The fourth-order valence-electron chi connectivity index (χ4n) is 72.5. The van der Waals surface area contributed by atoms with Gasteiger partial charge in [0.05, 0.1) is 0 Å². The van der Waals surface area contributed by atoms with Crippen molar-refractivity contribution in [1.29, 1.82) is 0 Å². The van der Waals surface area contributed by atoms with Crippen LogP contribution < -0.4 is 0 Å². The van der Waals surface area contributed by atoms with E-state index in [0.29, 0.717) is 0 Å². The van der Waals surface area contributed by atoms with E-state index in [1.807, 2.05) is 25.7 Å². The molecule has 0 aliphatic heterocycles. The predicted octanol–water partition coefficient (Wildman–Crippen LogP) is 7.46. The lowest BCUT2D eigenvalue weighted by atomic mass is 8.60. The first-order chi connectivity index (χ1) is 37.3. The van der Waals surface area contributed by atoms with E-state index >= 15 is 0 Å². The third-order valence-electron chi connectivity index (χ3n) is 60.1. The van der Waals surface area contributed by atoms with Crippen molar-refractivity contribution in [3.8, 4) is 0 Å². The lowest BCUT2D eigenvalue weighted by Gasteiger charge is -3.42. The zero-order valence-electron chi connectivity index (χ0n) is 42.0. The molecule has 356 valence electrons. The van der Waals surface area contributed by atoms with E-state index < -0.39 is 0 Å². The Labute approximate surface area is 431 Å². The highest BCUT2D eigenvalue weighted by molar-refractivity contribution is 5.91. The molecule has 23 spiro atoms. The van der Waals surface area contributed by atoms with Crippen molar-refractivity contribution < 1.29 is 0 Å². The lowest BCUT2D eigenvalue weighted by Crippen LogP contribution is -3.41. The third kappa shape index (κ3) is 0.835. The summed E-state index contributed by atoms with van der Waals surface area (Å²) in [5.41, 5.74) is 24.5. The van der Waals surface area contributed by atoms with Crippen LogP contribution in [0.2, 0.25) is 0 Å². The Morgan fingerprint density at radius 1 is 0.173 bits per heavy atom. The van der Waals surface area contributed by atoms with Crippen molar-refractivity contribution >= 4 is 0 Å². The minimum absolute atomic E-state index is 1.01. The Bertz CT molecular complexity index is 4670. The van der Waals surface area contributed by atoms with Gasteiger partial charge >= 0.3 is 0 Å². The molecule has 0 aromatic carbocycles. The Kier molecular flexibility index (Phi) is 1.77. The van der Waals surface area contributed by atoms with E-state index in [1.54, 1.807) is 0 Å². The molecule has 0 aromatic heterocycles. The average molecular weight is 957 g/mol. The second kappa shape index (κ2) is 4.82. The molecule has 48 aliphatic rings. The fraction of sp³-hybridized carbons (Fsp3) is 1.00. The molecular formula is C75H56. The summed E-state index contributed by atoms with van der Waals surface area (Å²) in [6, 6.07) is 0. The van der Waals surface area contributed by atoms with E-state index in [4.69, 9.17) is 0 Å². The van der Waals surface area contributed by atoms with Crippen LogP contribution in [0.3, 0.4) is 0 Å². The van der Waals surface area contributed by atoms with Crippen molar-refractivity contribution in [1.82, 2.24) is 0 Å². The van der Waals surface area contributed by atoms with Gasteiger partial charge in [-0.05, 0) is 434 Å². The van der Waals surface area contributed by atoms with Gasteiger partial charge in [0.15, 0.2) is 0 Å². The lowest BCUT2D eigenvalue weighted by molar-refractivity contribution is -0.974. The van der Waals surface area contributed by atoms with E-state index in [-0.39, 0.29) is 0 Å². The summed E-state index contributed by atoms with van der Waals surface area (Å²) in [5, 5.41) is 0. The van der Waals surface area contributed by atoms with Gasteiger partial charge in [-0.15, -0.1) is 0 Å². The second-order valence-electron chi connectivity index (χ2n) is 47.0. The van der Waals surface area contributed by atoms with Gasteiger partial charge in [-0.25, -0.2) is 0 Å². The van der Waals surface area contributed by atoms with Crippen LogP contribution in [0.25, 0.3) is 0 Å². The van der Waals surface area contributed by atoms with Crippen LogP contribution in [0.5, 0.6) is 0 Å². The van der Waals surface area contributed by atoms with Crippen molar-refractivity contribution in [2.45, 2.75) is 25.7 Å². The molecule has 0 nitrogen and oxygen atoms in total. The summed E-state index contributed by atoms with van der Waals surface area (Å²) in [7, 11) is 0. The largest absolute Gasteiger partial charge is 0.0467 e. The van der Waals surface area contributed by atoms with Crippen molar-refractivity contribution in [2.75, 3.05) is 0 Å². The van der Waals surface area contributed by atoms with E-state index in [0.717, 1.165) is 125 Å². The van der Waals surface area contributed by atoms with Gasteiger partial charge in [0, 0.05) is 0 Å². The monoisotopic (exact) mass is 956 g/mol. The van der Waals surface area contributed by atoms with Gasteiger partial charge < -0.3 is 0 Å². The maximum atomic E-state index is 1.88. The highest BCUT2D eigenvalue weighted by Crippen LogP contribution is 3.48. The molecule has 0 amide bonds. The summed E-state index contributed by atoms with van der Waals surface area (Å²) < 4.78 is 0. The summed E-state index contributed by atoms with van der Waals surface area (Å²) in [6.45, 7) is 0. The van der Waals surface area contributed by atoms with Gasteiger partial charge in [0.1, 0.15) is 0 Å². The molecular weight excluding hydrogens is 901 g/mol. The molecule has 71 atom stereocenters. The van der Waals surface area contributed by atoms with Crippen LogP contribution in [-0.2, 0) is 0 Å². The number of rotatable bonds is 0. The summed E-state index contributed by atoms with van der Waals surface area (Å²) in [4.78, 5) is 0. The summed E-state index contributed by atoms with van der Waals surface area (Å²) in [5.74, 6) is 66.8. The predicted molar refractivity (Wildman–Crippen MR) is 242 cm³/mol. The van der Waals surface area contributed by atoms with Gasteiger partial charge in [-0.3, -0.25) is 0 Å². The Morgan fingerprint density at radius 2 is 0.653 bits per heavy atom. The smallest absolute Gasteiger partial charge is 0.00591 e. The molecule has 0 N–H and O–H groups in total. The highest BCUT2D eigenvalue weighted by Gasteiger charge is 3.46. The first kappa shape index (κ1) is 27.6. The molecule has 0 heteroatoms. The molecule has 0 radical (unpaired) electrons. The standard InChI is InChI=1S/C75H56/c1-5-2-11-20-24-26-32-36-41-37-33-31-30-29-28-27-25-21-10-4-9-12-6-3-8-16(6)54-18(8)14-22-13-17-7(1)19-23-15(5)57(11)67(23)49-44-40-45-52-71(36,66(32,45)62(26,40)63(24,44)68(20,49)57)75(41)70(37)51(73(52,75)56(22,46(14)54)47(13)55(17,19)67)43-39-35-34-38-42-50-69(25,74(21)53(9,10)48(12)72(50,54)74)64(27,42)60(28,38)58(29,34)59(30,35)61(31,39)65(33,43)70/h5-52H,1-4H2/t5?,6?,7?,8-,9?,10?,11?,12?,13?,14?,15?,16?,17?,18?,19?,20?,21?,22?,23?,24?,25?,26?,27?,28?,29?,30?,31?,32?,33?,34?,35?,36?,37?,38?,39?,40?,41?,42?,43?,44?,45?,46?,47?,48?,49?,50?,51?,52?,53?,54?,55?,56?,57?,58?,59?,60?,61?,62?,63?,64?,65?,66?,67?,68?,69?,70?,71?,72?,73?,74?,75?/m1/s1. The zero-order chi connectivity index (χ0) is 42.0. The van der Waals surface area contributed by atoms with Crippen LogP contribution in [0.15, 0.2) is 0 Å². The Hall–Kier alpha value is 0. The fourth-order valence-corrected chi connectivity index (χ4v) is 72.5. The van der Waals surface area contributed by atoms with Crippen LogP contribution in [-0.4, -0.2) is 0 Å². The number of hydrogen-bond acceptors (Lipinski definition) is 0. The third-order valence-corrected chi connectivity index (χ3v) is 60.1. The summed E-state index contributed by atoms with van der Waals surface area (Å²) >= 11 is 0. The Balaban J connectivity index is 0.675. The number of hydrogen-bond donors (Lipinski definition) is 0. The molecule has 48 aliphatic carbocycles. The molecule has 0 aromatic rings. The molecule has 75 heavy (non-hydrogen) atoms. The second-order valence-corrected chi connectivity index (χ2v) is 47.0. The van der Waals surface area contributed by atoms with E-state index in [2.05, 4.69) is 0 Å². The first-order valence-corrected chi connectivity index (χ1v) is 37.3. The zero-order valence-corrected chi connectivity index (χ0v) is 42.0. The van der Waals surface area contributed by atoms with Crippen molar-refractivity contribution in [3.63, 3.8) is 0 Å². The maximum Gasteiger partial charge on any atom is -0.00591 e. The SMILES string of the molecule is C1C2CC3C4C5C6C7C8C9C%10C%11C%12C%13C%14C%15C%16C%17C%18C%19CC%20C%21C%22C[C@@H]%23C%22C%22%24C%23C%23C%25C%26C%27C1C1C%28C2C32C%283C%28C%29C%30C%31C%32C%33(C%34C%35C%36C%37C%38C%39C%40C%41C%22%42C%21C%20%19C%18%42C%17%41C%16%40C%15%39C%14%38C%13%37C%12%36C%11%35C%10%34C9%33C8%32C7%31C6%30C5%29C4%282)C%25(C%26C%2713)C%23%24. The van der Waals surface area contributed by atoms with Crippen LogP contribution in [0, 0.1) is 409 Å². The molecule has 0 heterocycles. The normalized spacial score (nSPS) is 129. The molecule has 48 saturated carbocycles.